The standard InChI is InChI=1S/C17H16N4O2/c1-11-14(7-13(18)10-19-11)15-8-16(23-21-15)17(22)20-9-12-5-3-2-4-6-12/h2-8,10H,9,18H2,1H3,(H,20,22). The van der Waals surface area contributed by atoms with E-state index in [2.05, 4.69) is 15.5 Å². The van der Waals surface area contributed by atoms with Crippen LogP contribution in [0.15, 0.2) is 53.2 Å². The molecule has 0 radical (unpaired) electrons. The van der Waals surface area contributed by atoms with Gasteiger partial charge in [0.1, 0.15) is 5.69 Å². The maximum absolute atomic E-state index is 12.1. The summed E-state index contributed by atoms with van der Waals surface area (Å²) in [5.74, 6) is -0.167. The maximum Gasteiger partial charge on any atom is 0.290 e. The number of benzene rings is 1. The Labute approximate surface area is 133 Å². The monoisotopic (exact) mass is 308 g/mol. The molecule has 3 aromatic rings. The second kappa shape index (κ2) is 6.31. The van der Waals surface area contributed by atoms with Gasteiger partial charge >= 0.3 is 0 Å². The number of nitrogens with zero attached hydrogens (tertiary/aromatic N) is 2. The third-order valence-corrected chi connectivity index (χ3v) is 3.41. The normalized spacial score (nSPS) is 10.5. The summed E-state index contributed by atoms with van der Waals surface area (Å²) in [5.41, 5.74) is 9.33. The van der Waals surface area contributed by atoms with Crippen molar-refractivity contribution in [3.8, 4) is 11.3 Å². The number of pyridine rings is 1. The number of carbonyl (C=O) groups excluding carboxylic acids is 1. The first-order valence-corrected chi connectivity index (χ1v) is 7.15. The molecule has 2 aromatic heterocycles. The number of hydrogen-bond acceptors (Lipinski definition) is 5. The molecule has 0 spiro atoms. The number of amides is 1. The van der Waals surface area contributed by atoms with Gasteiger partial charge in [0.25, 0.3) is 5.91 Å². The van der Waals surface area contributed by atoms with Crippen LogP contribution in [0.3, 0.4) is 0 Å². The number of nitrogens with two attached hydrogens (primary N) is 1. The van der Waals surface area contributed by atoms with Crippen LogP contribution in [0.1, 0.15) is 21.8 Å². The summed E-state index contributed by atoms with van der Waals surface area (Å²) >= 11 is 0. The lowest BCUT2D eigenvalue weighted by molar-refractivity contribution is 0.0914. The van der Waals surface area contributed by atoms with Crippen LogP contribution in [0.4, 0.5) is 5.69 Å². The number of carbonyl (C=O) groups is 1. The highest BCUT2D eigenvalue weighted by molar-refractivity contribution is 5.92. The predicted octanol–water partition coefficient (Wildman–Crippen LogP) is 2.56. The van der Waals surface area contributed by atoms with Crippen molar-refractivity contribution >= 4 is 11.6 Å². The Hall–Kier alpha value is -3.15. The highest BCUT2D eigenvalue weighted by atomic mass is 16.5. The minimum Gasteiger partial charge on any atom is -0.397 e. The van der Waals surface area contributed by atoms with E-state index in [1.165, 1.54) is 0 Å². The van der Waals surface area contributed by atoms with Crippen molar-refractivity contribution < 1.29 is 9.32 Å². The third-order valence-electron chi connectivity index (χ3n) is 3.41. The van der Waals surface area contributed by atoms with E-state index in [0.29, 0.717) is 17.9 Å². The van der Waals surface area contributed by atoms with Gasteiger partial charge < -0.3 is 15.6 Å². The summed E-state index contributed by atoms with van der Waals surface area (Å²) in [6.45, 7) is 2.27. The number of hydrogen-bond donors (Lipinski definition) is 2. The second-order valence-corrected chi connectivity index (χ2v) is 5.15. The van der Waals surface area contributed by atoms with Gasteiger partial charge in [-0.1, -0.05) is 35.5 Å². The van der Waals surface area contributed by atoms with Crippen LogP contribution in [0.5, 0.6) is 0 Å². The minimum atomic E-state index is -0.317. The third kappa shape index (κ3) is 3.37. The highest BCUT2D eigenvalue weighted by Gasteiger charge is 2.15. The number of nitrogens with one attached hydrogen (secondary N) is 1. The van der Waals surface area contributed by atoms with Crippen LogP contribution in [-0.4, -0.2) is 16.0 Å². The Kier molecular flexibility index (Phi) is 4.05. The van der Waals surface area contributed by atoms with Crippen LogP contribution in [0.2, 0.25) is 0 Å². The average Bonchev–Trinajstić information content (AvgIpc) is 3.06. The molecule has 0 saturated carbocycles. The van der Waals surface area contributed by atoms with Crippen molar-refractivity contribution in [2.45, 2.75) is 13.5 Å². The molecule has 1 amide bonds. The van der Waals surface area contributed by atoms with Gasteiger partial charge in [0.05, 0.1) is 11.9 Å². The molecule has 23 heavy (non-hydrogen) atoms. The van der Waals surface area contributed by atoms with Gasteiger partial charge in [0.2, 0.25) is 5.76 Å². The van der Waals surface area contributed by atoms with Gasteiger partial charge in [-0.05, 0) is 18.6 Å². The van der Waals surface area contributed by atoms with Gasteiger partial charge in [-0.3, -0.25) is 9.78 Å². The van der Waals surface area contributed by atoms with Crippen LogP contribution in [0, 0.1) is 6.92 Å². The molecule has 0 saturated heterocycles. The minimum absolute atomic E-state index is 0.151. The molecule has 0 aliphatic rings. The Bertz CT molecular complexity index is 828. The van der Waals surface area contributed by atoms with Crippen molar-refractivity contribution in [3.63, 3.8) is 0 Å². The quantitative estimate of drug-likeness (QED) is 0.772. The lowest BCUT2D eigenvalue weighted by Crippen LogP contribution is -2.22. The van der Waals surface area contributed by atoms with Gasteiger partial charge in [-0.25, -0.2) is 0 Å². The molecular formula is C17H16N4O2. The second-order valence-electron chi connectivity index (χ2n) is 5.15. The maximum atomic E-state index is 12.1. The van der Waals surface area contributed by atoms with Crippen molar-refractivity contribution in [3.05, 3.63) is 65.7 Å². The Balaban J connectivity index is 1.74. The molecule has 3 N–H and O–H groups in total. The summed E-state index contributed by atoms with van der Waals surface area (Å²) in [7, 11) is 0. The molecule has 0 fully saturated rings. The van der Waals surface area contributed by atoms with E-state index in [1.807, 2.05) is 37.3 Å². The summed E-state index contributed by atoms with van der Waals surface area (Å²) in [6.07, 6.45) is 1.58. The lowest BCUT2D eigenvalue weighted by Gasteiger charge is -2.02. The van der Waals surface area contributed by atoms with Crippen molar-refractivity contribution in [1.82, 2.24) is 15.5 Å². The largest absolute Gasteiger partial charge is 0.397 e. The molecule has 0 aliphatic heterocycles. The van der Waals surface area contributed by atoms with Gasteiger partial charge in [-0.2, -0.15) is 0 Å². The summed E-state index contributed by atoms with van der Waals surface area (Å²) in [6, 6.07) is 13.0. The average molecular weight is 308 g/mol. The van der Waals surface area contributed by atoms with E-state index in [0.717, 1.165) is 16.8 Å². The first-order valence-electron chi connectivity index (χ1n) is 7.15. The van der Waals surface area contributed by atoms with Crippen molar-refractivity contribution in [2.75, 3.05) is 5.73 Å². The fourth-order valence-corrected chi connectivity index (χ4v) is 2.18. The van der Waals surface area contributed by atoms with E-state index >= 15 is 0 Å². The summed E-state index contributed by atoms with van der Waals surface area (Å²) < 4.78 is 5.13. The van der Waals surface area contributed by atoms with Gasteiger partial charge in [-0.15, -0.1) is 0 Å². The fraction of sp³-hybridized carbons (Fsp3) is 0.118. The number of aryl methyl sites for hydroxylation is 1. The predicted molar refractivity (Wildman–Crippen MR) is 86.5 cm³/mol. The summed E-state index contributed by atoms with van der Waals surface area (Å²) in [4.78, 5) is 16.3. The van der Waals surface area contributed by atoms with Crippen LogP contribution in [-0.2, 0) is 6.54 Å². The van der Waals surface area contributed by atoms with Crippen molar-refractivity contribution in [1.29, 1.82) is 0 Å². The van der Waals surface area contributed by atoms with E-state index in [-0.39, 0.29) is 11.7 Å². The van der Waals surface area contributed by atoms with Crippen LogP contribution in [0.25, 0.3) is 11.3 Å². The first-order chi connectivity index (χ1) is 11.1. The number of rotatable bonds is 4. The molecule has 0 atom stereocenters. The Morgan fingerprint density at radius 3 is 2.83 bits per heavy atom. The van der Waals surface area contributed by atoms with E-state index in [9.17, 15) is 4.79 Å². The van der Waals surface area contributed by atoms with E-state index < -0.39 is 0 Å². The van der Waals surface area contributed by atoms with E-state index in [4.69, 9.17) is 10.3 Å². The first kappa shape index (κ1) is 14.8. The van der Waals surface area contributed by atoms with Crippen molar-refractivity contribution in [2.24, 2.45) is 0 Å². The lowest BCUT2D eigenvalue weighted by atomic mass is 10.1. The molecule has 2 heterocycles. The Morgan fingerprint density at radius 1 is 1.26 bits per heavy atom. The molecule has 0 aliphatic carbocycles. The van der Waals surface area contributed by atoms with E-state index in [1.54, 1.807) is 18.3 Å². The summed E-state index contributed by atoms with van der Waals surface area (Å²) in [5, 5.41) is 6.73. The SMILES string of the molecule is Cc1ncc(N)cc1-c1cc(C(=O)NCc2ccccc2)on1. The molecule has 0 bridgehead atoms. The van der Waals surface area contributed by atoms with Gasteiger partial charge in [0, 0.05) is 23.9 Å². The molecule has 1 aromatic carbocycles. The zero-order valence-corrected chi connectivity index (χ0v) is 12.6. The topological polar surface area (TPSA) is 94.0 Å². The van der Waals surface area contributed by atoms with Crippen LogP contribution >= 0.6 is 0 Å². The molecule has 6 nitrogen and oxygen atoms in total. The molecule has 6 heteroatoms. The number of aromatic nitrogens is 2. The van der Waals surface area contributed by atoms with Crippen LogP contribution < -0.4 is 11.1 Å². The molecule has 0 unspecified atom stereocenters. The number of nitrogen functional groups attached to an aromatic ring is 1. The smallest absolute Gasteiger partial charge is 0.290 e. The molecule has 3 rings (SSSR count). The Morgan fingerprint density at radius 2 is 2.04 bits per heavy atom. The molecule has 116 valence electrons. The van der Waals surface area contributed by atoms with Gasteiger partial charge in [0.15, 0.2) is 0 Å². The zero-order valence-electron chi connectivity index (χ0n) is 12.6. The fourth-order valence-electron chi connectivity index (χ4n) is 2.18. The number of anilines is 1. The molecular weight excluding hydrogens is 292 g/mol. The highest BCUT2D eigenvalue weighted by Crippen LogP contribution is 2.23. The zero-order chi connectivity index (χ0) is 16.2.